The van der Waals surface area contributed by atoms with Crippen LogP contribution in [0.15, 0.2) is 48.5 Å². The van der Waals surface area contributed by atoms with Crippen molar-refractivity contribution in [2.45, 2.75) is 38.9 Å². The number of hydrogen-bond acceptors (Lipinski definition) is 6. The lowest BCUT2D eigenvalue weighted by atomic mass is 10.0. The summed E-state index contributed by atoms with van der Waals surface area (Å²) < 4.78 is 5.59. The molecule has 1 N–H and O–H groups in total. The second kappa shape index (κ2) is 9.09. The highest BCUT2D eigenvalue weighted by Crippen LogP contribution is 2.35. The van der Waals surface area contributed by atoms with Crippen molar-refractivity contribution in [3.05, 3.63) is 59.1 Å². The quantitative estimate of drug-likeness (QED) is 0.704. The molecule has 3 fully saturated rings. The number of hydrogen-bond donors (Lipinski definition) is 1. The first-order valence-electron chi connectivity index (χ1n) is 11.7. The predicted molar refractivity (Wildman–Crippen MR) is 130 cm³/mol. The minimum absolute atomic E-state index is 0.154. The van der Waals surface area contributed by atoms with Crippen LogP contribution < -0.4 is 15.0 Å². The van der Waals surface area contributed by atoms with Crippen molar-refractivity contribution in [3.8, 4) is 5.75 Å². The van der Waals surface area contributed by atoms with Crippen molar-refractivity contribution >= 4 is 29.2 Å². The van der Waals surface area contributed by atoms with Crippen LogP contribution in [0, 0.1) is 5.92 Å². The van der Waals surface area contributed by atoms with Crippen LogP contribution in [-0.2, 0) is 11.3 Å². The summed E-state index contributed by atoms with van der Waals surface area (Å²) in [5.41, 5.74) is 1.80. The van der Waals surface area contributed by atoms with Crippen molar-refractivity contribution in [3.63, 3.8) is 0 Å². The van der Waals surface area contributed by atoms with E-state index in [9.17, 15) is 9.59 Å². The Bertz CT molecular complexity index is 1080. The maximum atomic E-state index is 13.7. The zero-order valence-corrected chi connectivity index (χ0v) is 20.4. The summed E-state index contributed by atoms with van der Waals surface area (Å²) in [5.74, 6) is 0.983. The highest BCUT2D eigenvalue weighted by atomic mass is 35.5. The molecule has 2 aromatic rings. The molecule has 3 saturated heterocycles. The van der Waals surface area contributed by atoms with Gasteiger partial charge in [-0.3, -0.25) is 19.9 Å². The molecular weight excluding hydrogens is 454 g/mol. The van der Waals surface area contributed by atoms with Crippen LogP contribution >= 0.6 is 11.6 Å². The van der Waals surface area contributed by atoms with Gasteiger partial charge in [0.15, 0.2) is 0 Å². The molecule has 3 amide bonds. The molecule has 2 aromatic carbocycles. The highest BCUT2D eigenvalue weighted by molar-refractivity contribution is 6.31. The standard InChI is InChI=1S/C25H30ClN5O3/c1-4-34-19-11-9-18(10-12-19)29-13-16(2)14-30-21-22(27-24(29)30)28(3)25(33)31(23(21)32)15-17-7-5-6-8-20(17)26/h5-12,16,21-22,24,27H,4,13-15H2,1-3H3. The normalized spacial score (nSPS) is 27.1. The molecule has 4 atom stereocenters. The van der Waals surface area contributed by atoms with Crippen LogP contribution in [0.25, 0.3) is 0 Å². The molecule has 0 bridgehead atoms. The van der Waals surface area contributed by atoms with Gasteiger partial charge < -0.3 is 14.5 Å². The number of halogens is 1. The van der Waals surface area contributed by atoms with Crippen molar-refractivity contribution < 1.29 is 14.3 Å². The molecule has 180 valence electrons. The third kappa shape index (κ3) is 3.89. The molecule has 9 heteroatoms. The minimum Gasteiger partial charge on any atom is -0.494 e. The van der Waals surface area contributed by atoms with Crippen LogP contribution in [0.2, 0.25) is 5.02 Å². The molecule has 3 heterocycles. The van der Waals surface area contributed by atoms with E-state index in [2.05, 4.69) is 22.0 Å². The Hall–Kier alpha value is -2.81. The Morgan fingerprint density at radius 3 is 2.53 bits per heavy atom. The van der Waals surface area contributed by atoms with Crippen molar-refractivity contribution in [2.75, 3.05) is 31.6 Å². The first-order valence-corrected chi connectivity index (χ1v) is 12.1. The summed E-state index contributed by atoms with van der Waals surface area (Å²) in [7, 11) is 1.75. The number of benzene rings is 2. The average molecular weight is 484 g/mol. The Balaban J connectivity index is 1.43. The van der Waals surface area contributed by atoms with E-state index >= 15 is 0 Å². The van der Waals surface area contributed by atoms with Crippen LogP contribution in [0.5, 0.6) is 5.75 Å². The monoisotopic (exact) mass is 483 g/mol. The van der Waals surface area contributed by atoms with E-state index in [1.165, 1.54) is 4.90 Å². The second-order valence-corrected chi connectivity index (χ2v) is 9.63. The minimum atomic E-state index is -0.469. The molecule has 0 saturated carbocycles. The van der Waals surface area contributed by atoms with E-state index in [4.69, 9.17) is 16.3 Å². The first kappa shape index (κ1) is 23.0. The average Bonchev–Trinajstić information content (AvgIpc) is 3.21. The Morgan fingerprint density at radius 2 is 1.82 bits per heavy atom. The zero-order valence-electron chi connectivity index (χ0n) is 19.6. The van der Waals surface area contributed by atoms with Gasteiger partial charge in [0.2, 0.25) is 0 Å². The number of nitrogens with one attached hydrogen (secondary N) is 1. The molecule has 3 aliphatic heterocycles. The second-order valence-electron chi connectivity index (χ2n) is 9.22. The van der Waals surface area contributed by atoms with E-state index in [1.54, 1.807) is 18.0 Å². The number of ether oxygens (including phenoxy) is 1. The number of carbonyl (C=O) groups is 2. The van der Waals surface area contributed by atoms with Gasteiger partial charge in [0.1, 0.15) is 24.2 Å². The number of fused-ring (bicyclic) bond motifs is 3. The van der Waals surface area contributed by atoms with E-state index < -0.39 is 12.2 Å². The Labute approximate surface area is 205 Å². The molecule has 34 heavy (non-hydrogen) atoms. The van der Waals surface area contributed by atoms with Crippen LogP contribution in [0.1, 0.15) is 19.4 Å². The van der Waals surface area contributed by atoms with Gasteiger partial charge in [0, 0.05) is 30.8 Å². The fourth-order valence-corrected chi connectivity index (χ4v) is 5.46. The van der Waals surface area contributed by atoms with Gasteiger partial charge in [-0.1, -0.05) is 36.7 Å². The van der Waals surface area contributed by atoms with Gasteiger partial charge in [-0.25, -0.2) is 4.79 Å². The smallest absolute Gasteiger partial charge is 0.328 e. The lowest BCUT2D eigenvalue weighted by Crippen LogP contribution is -2.66. The molecule has 4 unspecified atom stereocenters. The number of imide groups is 1. The fraction of sp³-hybridized carbons (Fsp3) is 0.440. The maximum Gasteiger partial charge on any atom is 0.328 e. The van der Waals surface area contributed by atoms with E-state index in [-0.39, 0.29) is 24.8 Å². The maximum absolute atomic E-state index is 13.7. The molecule has 0 aromatic heterocycles. The Kier molecular flexibility index (Phi) is 6.14. The highest BCUT2D eigenvalue weighted by Gasteiger charge is 2.56. The van der Waals surface area contributed by atoms with Gasteiger partial charge in [-0.15, -0.1) is 0 Å². The van der Waals surface area contributed by atoms with Gasteiger partial charge in [-0.05, 0) is 48.7 Å². The molecule has 0 spiro atoms. The summed E-state index contributed by atoms with van der Waals surface area (Å²) in [6.07, 6.45) is -0.591. The van der Waals surface area contributed by atoms with Crippen molar-refractivity contribution in [2.24, 2.45) is 5.92 Å². The predicted octanol–water partition coefficient (Wildman–Crippen LogP) is 3.17. The molecule has 8 nitrogen and oxygen atoms in total. The zero-order chi connectivity index (χ0) is 24.0. The molecule has 0 radical (unpaired) electrons. The number of nitrogens with zero attached hydrogens (tertiary/aromatic N) is 4. The lowest BCUT2D eigenvalue weighted by molar-refractivity contribution is -0.139. The number of urea groups is 1. The number of amides is 3. The van der Waals surface area contributed by atoms with Crippen molar-refractivity contribution in [1.29, 1.82) is 0 Å². The molecule has 0 aliphatic carbocycles. The van der Waals surface area contributed by atoms with Crippen LogP contribution in [0.4, 0.5) is 10.5 Å². The van der Waals surface area contributed by atoms with Crippen LogP contribution in [0.3, 0.4) is 0 Å². The number of anilines is 1. The fourth-order valence-electron chi connectivity index (χ4n) is 5.26. The van der Waals surface area contributed by atoms with Crippen molar-refractivity contribution in [1.82, 2.24) is 20.0 Å². The molecule has 5 rings (SSSR count). The topological polar surface area (TPSA) is 68.4 Å². The van der Waals surface area contributed by atoms with Gasteiger partial charge >= 0.3 is 6.03 Å². The Morgan fingerprint density at radius 1 is 1.09 bits per heavy atom. The summed E-state index contributed by atoms with van der Waals surface area (Å²) >= 11 is 6.33. The summed E-state index contributed by atoms with van der Waals surface area (Å²) in [4.78, 5) is 34.4. The third-order valence-electron chi connectivity index (χ3n) is 6.85. The van der Waals surface area contributed by atoms with E-state index in [1.807, 2.05) is 49.4 Å². The van der Waals surface area contributed by atoms with E-state index in [0.29, 0.717) is 17.5 Å². The van der Waals surface area contributed by atoms with Gasteiger partial charge in [0.05, 0.1) is 13.2 Å². The largest absolute Gasteiger partial charge is 0.494 e. The van der Waals surface area contributed by atoms with Gasteiger partial charge in [-0.2, -0.15) is 0 Å². The molecular formula is C25H30ClN5O3. The SMILES string of the molecule is CCOc1ccc(N2CC(C)CN3C4C(=O)N(Cc5ccccc5Cl)C(=O)N(C)C4NC23)cc1. The first-order chi connectivity index (χ1) is 16.4. The summed E-state index contributed by atoms with van der Waals surface area (Å²) in [6, 6.07) is 14.6. The van der Waals surface area contributed by atoms with E-state index in [0.717, 1.165) is 30.1 Å². The summed E-state index contributed by atoms with van der Waals surface area (Å²) in [6.45, 7) is 6.54. The number of rotatable bonds is 5. The lowest BCUT2D eigenvalue weighted by Gasteiger charge is -2.46. The third-order valence-corrected chi connectivity index (χ3v) is 7.22. The molecule has 3 aliphatic rings. The van der Waals surface area contributed by atoms with Gasteiger partial charge in [0.25, 0.3) is 5.91 Å². The number of likely N-dealkylation sites (N-methyl/N-ethyl adjacent to an activating group) is 1. The van der Waals surface area contributed by atoms with Crippen LogP contribution in [-0.4, -0.2) is 71.9 Å². The number of carbonyl (C=O) groups excluding carboxylic acids is 2. The summed E-state index contributed by atoms with van der Waals surface area (Å²) in [5, 5.41) is 4.11.